The van der Waals surface area contributed by atoms with Crippen molar-refractivity contribution < 1.29 is 781 Å². The predicted octanol–water partition coefficient (Wildman–Crippen LogP) is -52.5. The molecule has 54 nitrogen and oxygen atoms in total. The van der Waals surface area contributed by atoms with Crippen LogP contribution in [0.5, 0.6) is 0 Å². The van der Waals surface area contributed by atoms with Gasteiger partial charge in [-0.1, -0.05) is 0 Å². The van der Waals surface area contributed by atoms with Gasteiger partial charge >= 0.3 is 563 Å². The minimum absolute atomic E-state index is 0. The molecule has 0 aliphatic rings. The van der Waals surface area contributed by atoms with E-state index in [0.29, 0.717) is 0 Å². The molecule has 0 N–H and O–H groups in total. The zero-order valence-corrected chi connectivity index (χ0v) is 122. The van der Waals surface area contributed by atoms with Crippen molar-refractivity contribution in [2.75, 3.05) is 0 Å². The Hall–Kier alpha value is 4.64. The molecule has 0 bridgehead atoms. The van der Waals surface area contributed by atoms with Crippen LogP contribution >= 0.6 is 0 Å². The van der Waals surface area contributed by atoms with Gasteiger partial charge in [0, 0.05) is 131 Å². The van der Waals surface area contributed by atoms with Crippen LogP contribution in [0, 0.1) is 139 Å². The molecule has 115 heavy (non-hydrogen) atoms. The summed E-state index contributed by atoms with van der Waals surface area (Å²) in [5.74, 6) is -23.8. The first-order valence-corrected chi connectivity index (χ1v) is 39.0. The summed E-state index contributed by atoms with van der Waals surface area (Å²) < 4.78 is 85.8. The number of aliphatic carboxylic acids is 22. The molecule has 0 fully saturated rings. The van der Waals surface area contributed by atoms with E-state index in [1.807, 2.05) is 0 Å². The minimum Gasteiger partial charge on any atom is 2.00 e. The van der Waals surface area contributed by atoms with E-state index in [2.05, 4.69) is 0 Å². The summed E-state index contributed by atoms with van der Waals surface area (Å²) in [5, 5.41) is 196. The van der Waals surface area contributed by atoms with Gasteiger partial charge in [-0.15, -0.1) is 0 Å². The smallest absolute Gasteiger partial charge is 2.00 e. The van der Waals surface area contributed by atoms with Gasteiger partial charge in [0.15, 0.2) is 0 Å². The van der Waals surface area contributed by atoms with E-state index in [-0.39, 0.29) is 402 Å². The Balaban J connectivity index is -0.0000000140. The van der Waals surface area contributed by atoms with Gasteiger partial charge in [0.2, 0.25) is 0 Å². The number of carbonyl (C=O) groups excluding carboxylic acids is 22. The van der Waals surface area contributed by atoms with E-state index in [4.69, 9.17) is 240 Å². The molecule has 0 aromatic carbocycles. The van der Waals surface area contributed by atoms with Crippen molar-refractivity contribution in [3.8, 4) is 0 Å². The Bertz CT molecular complexity index is 1690. The number of hydrogen-bond donors (Lipinski definition) is 0. The van der Waals surface area contributed by atoms with Crippen LogP contribution in [0.25, 0.3) is 0 Å². The van der Waals surface area contributed by atoms with Gasteiger partial charge in [-0.05, 0) is 152 Å². The molecule has 0 rings (SSSR count). The molecule has 0 saturated carbocycles. The Morgan fingerprint density at radius 2 is 0.148 bits per heavy atom. The molecule has 0 aliphatic carbocycles. The quantitative estimate of drug-likeness (QED) is 0.203. The Kier molecular flexibility index (Phi) is 646. The third kappa shape index (κ3) is 75000. The van der Waals surface area contributed by atoms with E-state index in [0.717, 1.165) is 152 Å². The van der Waals surface area contributed by atoms with Crippen LogP contribution in [-0.4, -0.2) is 131 Å². The zero-order chi connectivity index (χ0) is 92.2. The molecular formula is C44H66K4Na4O54U5Zn4. The van der Waals surface area contributed by atoms with Crippen LogP contribution < -0.4 is 436 Å². The molecule has 71 heteroatoms. The third-order valence-corrected chi connectivity index (χ3v) is 0. The third-order valence-electron chi connectivity index (χ3n) is 0. The van der Waals surface area contributed by atoms with Crippen LogP contribution in [0.1, 0.15) is 152 Å². The van der Waals surface area contributed by atoms with Crippen LogP contribution in [-0.2, 0) is 206 Å². The molecule has 0 amide bonds. The summed E-state index contributed by atoms with van der Waals surface area (Å²) in [4.78, 5) is 196. The normalized spacial score (nSPS) is 5.13. The topological polar surface area (TPSA) is 1050 Å². The van der Waals surface area contributed by atoms with Crippen molar-refractivity contribution in [1.29, 1.82) is 0 Å². The van der Waals surface area contributed by atoms with Crippen molar-refractivity contribution in [2.45, 2.75) is 152 Å². The largest absolute Gasteiger partial charge is 2.00 e. The van der Waals surface area contributed by atoms with Gasteiger partial charge < -0.3 is 218 Å². The molecule has 0 aliphatic heterocycles. The van der Waals surface area contributed by atoms with Gasteiger partial charge in [-0.3, -0.25) is 0 Å². The second-order valence-electron chi connectivity index (χ2n) is 11.2. The zero-order valence-electron chi connectivity index (χ0n) is 68.4. The van der Waals surface area contributed by atoms with Crippen molar-refractivity contribution in [3.05, 3.63) is 0 Å². The number of carbonyl (C=O) groups is 22. The van der Waals surface area contributed by atoms with Gasteiger partial charge in [-0.25, -0.2) is 0 Å². The van der Waals surface area contributed by atoms with E-state index >= 15 is 0 Å². The molecule has 0 spiro atoms. The fraction of sp³-hybridized carbons (Fsp3) is 0.500. The van der Waals surface area contributed by atoms with Crippen molar-refractivity contribution in [3.63, 3.8) is 0 Å². The maximum atomic E-state index is 8.89. The molecule has 0 unspecified atom stereocenters. The Morgan fingerprint density at radius 3 is 0.148 bits per heavy atom. The van der Waals surface area contributed by atoms with Crippen molar-refractivity contribution >= 4 is 131 Å². The molecule has 0 aromatic heterocycles. The van der Waals surface area contributed by atoms with Gasteiger partial charge in [0.1, 0.15) is 0 Å². The van der Waals surface area contributed by atoms with Gasteiger partial charge in [0.25, 0.3) is 0 Å². The van der Waals surface area contributed by atoms with Gasteiger partial charge in [-0.2, -0.15) is 0 Å². The summed E-state index contributed by atoms with van der Waals surface area (Å²) in [6.45, 7) is 21.4. The summed E-state index contributed by atoms with van der Waals surface area (Å²) in [7, 11) is 0. The number of rotatable bonds is 0. The first-order valence-electron chi connectivity index (χ1n) is 22.0. The maximum absolute atomic E-state index is 8.89. The van der Waals surface area contributed by atoms with Crippen molar-refractivity contribution in [1.82, 2.24) is 0 Å². The predicted molar refractivity (Wildman–Crippen MR) is 242 cm³/mol. The fourth-order valence-corrected chi connectivity index (χ4v) is 0. The molecule has 0 heterocycles. The van der Waals surface area contributed by atoms with Crippen molar-refractivity contribution in [2.24, 2.45) is 0 Å². The van der Waals surface area contributed by atoms with Crippen LogP contribution in [0.3, 0.4) is 0 Å². The molecule has 0 atom stereocenters. The molecule has 0 radical (unpaired) electrons. The standard InChI is InChI=1S/22C2H4O2.4K.4Na.10O.5U.4Zn/c22*1-2(3)4;;;;;;;;;;;;;;;;;;;;;;;;;;;/h22*1H3,(H,3,4);;;;;;;;;;;;;;;;;;;;;;;;;;;/q;;;;;;;;;;;;;;;;;;;;;;8*+1;;;;;;;;;;;-2;8*+2/p-22. The second-order valence-corrected chi connectivity index (χ2v) is 14.7. The summed E-state index contributed by atoms with van der Waals surface area (Å²) in [6, 6.07) is 0. The Labute approximate surface area is 1040 Å². The van der Waals surface area contributed by atoms with Gasteiger partial charge in [0.05, 0.1) is 0 Å². The number of carboxylic acids is 22. The molecule has 0 aromatic rings. The summed E-state index contributed by atoms with van der Waals surface area (Å²) in [5.41, 5.74) is 0. The van der Waals surface area contributed by atoms with E-state index in [9.17, 15) is 0 Å². The molecule has 0 saturated heterocycles. The number of hydrogen-bond acceptors (Lipinski definition) is 54. The maximum Gasteiger partial charge on any atom is 2.00 e. The average molecular weight is 3160 g/mol. The minimum atomic E-state index is -2.51. The van der Waals surface area contributed by atoms with Crippen LogP contribution in [0.15, 0.2) is 0 Å². The first-order chi connectivity index (χ1) is 45.2. The van der Waals surface area contributed by atoms with Crippen LogP contribution in [0.4, 0.5) is 0 Å². The SMILES string of the molecule is CC(=O)[O-].CC(=O)[O-].CC(=O)[O-].CC(=O)[O-].CC(=O)[O-].CC(=O)[O-].CC(=O)[O-].CC(=O)[O-].CC(=O)[O-].CC(=O)[O-].CC(=O)[O-].CC(=O)[O-].CC(=O)[O-].CC(=O)[O-].CC(=O)[O-].CC(=O)[O-].CC(=O)[O-].CC(=O)[O-].CC(=O)[O-].CC(=O)[O-].CC(=O)[O-].CC(=O)[O-].[K+].[K+].[K+].[K+].[Na+].[Na+].[Na+].[Na+].[O]=[U+2]=[O].[O]=[U+2]=[O].[O]=[U+2]=[O].[O]=[U+2]=[O].[O]=[U-2]=[O].[Zn+2].[Zn+2].[Zn+2].[Zn+2]. The van der Waals surface area contributed by atoms with E-state index in [1.165, 1.54) is 0 Å². The monoisotopic (exact) mass is 3150 g/mol. The average Bonchev–Trinajstić information content (AvgIpc) is 3.24. The van der Waals surface area contributed by atoms with E-state index in [1.54, 1.807) is 0 Å². The number of carboxylic acid groups (broad SMARTS) is 22. The molecule has 602 valence electrons. The Morgan fingerprint density at radius 1 is 0.148 bits per heavy atom. The van der Waals surface area contributed by atoms with E-state index < -0.39 is 270 Å². The fourth-order valence-electron chi connectivity index (χ4n) is 0. The second kappa shape index (κ2) is 287. The first kappa shape index (κ1) is 259. The summed E-state index contributed by atoms with van der Waals surface area (Å²) >= 11 is -12.5. The summed E-state index contributed by atoms with van der Waals surface area (Å²) in [6.07, 6.45) is 0. The van der Waals surface area contributed by atoms with Crippen LogP contribution in [0.2, 0.25) is 0 Å². The molecular weight excluding hydrogens is 3090 g/mol.